The molecule has 0 saturated carbocycles. The van der Waals surface area contributed by atoms with Gasteiger partial charge in [0.15, 0.2) is 5.69 Å². The summed E-state index contributed by atoms with van der Waals surface area (Å²) in [5.74, 6) is -1.31. The van der Waals surface area contributed by atoms with Crippen molar-refractivity contribution in [1.29, 1.82) is 0 Å². The lowest BCUT2D eigenvalue weighted by atomic mass is 10.1. The number of amides is 3. The minimum Gasteiger partial charge on any atom is -0.378 e. The molecular formula is C23H20ClF4N5O3. The molecule has 0 aliphatic carbocycles. The van der Waals surface area contributed by atoms with Gasteiger partial charge in [-0.25, -0.2) is 13.9 Å². The van der Waals surface area contributed by atoms with Crippen molar-refractivity contribution in [1.82, 2.24) is 20.0 Å². The Kier molecular flexibility index (Phi) is 7.45. The van der Waals surface area contributed by atoms with Crippen molar-refractivity contribution in [2.75, 3.05) is 31.6 Å². The molecule has 3 amide bonds. The fourth-order valence-corrected chi connectivity index (χ4v) is 3.75. The second kappa shape index (κ2) is 10.5. The van der Waals surface area contributed by atoms with E-state index in [0.717, 1.165) is 16.8 Å². The zero-order valence-electron chi connectivity index (χ0n) is 18.6. The highest BCUT2D eigenvalue weighted by Crippen LogP contribution is 2.30. The van der Waals surface area contributed by atoms with E-state index in [9.17, 15) is 27.2 Å². The van der Waals surface area contributed by atoms with Crippen LogP contribution in [0.5, 0.6) is 0 Å². The molecule has 0 unspecified atom stereocenters. The number of aromatic nitrogens is 2. The number of benzene rings is 2. The lowest BCUT2D eigenvalue weighted by molar-refractivity contribution is -0.141. The van der Waals surface area contributed by atoms with E-state index in [1.54, 1.807) is 12.1 Å². The maximum absolute atomic E-state index is 14.6. The van der Waals surface area contributed by atoms with Crippen LogP contribution in [0.25, 0.3) is 5.69 Å². The van der Waals surface area contributed by atoms with Gasteiger partial charge in [-0.2, -0.15) is 18.3 Å². The number of hydrogen-bond acceptors (Lipinski definition) is 4. The van der Waals surface area contributed by atoms with Crippen molar-refractivity contribution in [3.8, 4) is 5.69 Å². The van der Waals surface area contributed by atoms with Gasteiger partial charge in [0.25, 0.3) is 5.91 Å². The summed E-state index contributed by atoms with van der Waals surface area (Å²) in [6.07, 6.45) is -4.70. The standard InChI is InChI=1S/C23H20ClF4N5O3/c24-14-2-1-3-16(10-14)33-17(12-20(31-33)23(26,27)28)13-29-22(35)30-15-4-5-18(19(25)11-15)21(34)32-6-8-36-9-7-32/h1-5,10-12H,6-9,13H2,(H2,29,30,35). The molecule has 1 aliphatic heterocycles. The van der Waals surface area contributed by atoms with Crippen molar-refractivity contribution in [2.45, 2.75) is 12.7 Å². The largest absolute Gasteiger partial charge is 0.435 e. The summed E-state index contributed by atoms with van der Waals surface area (Å²) < 4.78 is 60.5. The van der Waals surface area contributed by atoms with Gasteiger partial charge in [0.05, 0.1) is 36.7 Å². The first-order valence-corrected chi connectivity index (χ1v) is 11.1. The summed E-state index contributed by atoms with van der Waals surface area (Å²) in [6, 6.07) is 9.68. The average molecular weight is 526 g/mol. The Balaban J connectivity index is 1.44. The van der Waals surface area contributed by atoms with Crippen molar-refractivity contribution in [3.63, 3.8) is 0 Å². The molecule has 1 aromatic heterocycles. The second-order valence-corrected chi connectivity index (χ2v) is 8.25. The minimum atomic E-state index is -4.70. The molecule has 0 spiro atoms. The number of carbonyl (C=O) groups is 2. The highest BCUT2D eigenvalue weighted by atomic mass is 35.5. The van der Waals surface area contributed by atoms with Crippen LogP contribution in [-0.2, 0) is 17.5 Å². The number of rotatable bonds is 5. The number of nitrogens with one attached hydrogen (secondary N) is 2. The van der Waals surface area contributed by atoms with Crippen LogP contribution >= 0.6 is 11.6 Å². The molecule has 4 rings (SSSR count). The Morgan fingerprint density at radius 1 is 1.08 bits per heavy atom. The van der Waals surface area contributed by atoms with E-state index in [1.165, 1.54) is 29.2 Å². The van der Waals surface area contributed by atoms with E-state index in [4.69, 9.17) is 16.3 Å². The summed E-state index contributed by atoms with van der Waals surface area (Å²) in [6.45, 7) is 1.12. The van der Waals surface area contributed by atoms with E-state index >= 15 is 0 Å². The summed E-state index contributed by atoms with van der Waals surface area (Å²) in [5.41, 5.74) is -0.909. The van der Waals surface area contributed by atoms with Gasteiger partial charge < -0.3 is 20.3 Å². The van der Waals surface area contributed by atoms with Gasteiger partial charge in [-0.15, -0.1) is 0 Å². The Morgan fingerprint density at radius 3 is 2.50 bits per heavy atom. The van der Waals surface area contributed by atoms with Crippen LogP contribution < -0.4 is 10.6 Å². The Bertz CT molecular complexity index is 1270. The molecule has 2 aromatic carbocycles. The average Bonchev–Trinajstić information content (AvgIpc) is 3.28. The number of halogens is 5. The fraction of sp³-hybridized carbons (Fsp3) is 0.261. The third-order valence-corrected chi connectivity index (χ3v) is 5.55. The van der Waals surface area contributed by atoms with Crippen LogP contribution in [0, 0.1) is 5.82 Å². The first-order valence-electron chi connectivity index (χ1n) is 10.8. The van der Waals surface area contributed by atoms with Crippen LogP contribution in [0.4, 0.5) is 28.0 Å². The maximum atomic E-state index is 14.6. The molecule has 2 heterocycles. The van der Waals surface area contributed by atoms with Crippen LogP contribution in [0.3, 0.4) is 0 Å². The molecule has 2 N–H and O–H groups in total. The van der Waals surface area contributed by atoms with Gasteiger partial charge in [-0.1, -0.05) is 17.7 Å². The van der Waals surface area contributed by atoms with Crippen LogP contribution in [-0.4, -0.2) is 52.9 Å². The smallest absolute Gasteiger partial charge is 0.378 e. The first kappa shape index (κ1) is 25.5. The SMILES string of the molecule is O=C(NCc1cc(C(F)(F)F)nn1-c1cccc(Cl)c1)Nc1ccc(C(=O)N2CCOCC2)c(F)c1. The molecule has 1 aliphatic rings. The fourth-order valence-electron chi connectivity index (χ4n) is 3.56. The zero-order valence-corrected chi connectivity index (χ0v) is 19.4. The molecule has 36 heavy (non-hydrogen) atoms. The van der Waals surface area contributed by atoms with Crippen molar-refractivity contribution >= 4 is 29.2 Å². The monoisotopic (exact) mass is 525 g/mol. The summed E-state index contributed by atoms with van der Waals surface area (Å²) in [4.78, 5) is 26.3. The molecule has 1 fully saturated rings. The third-order valence-electron chi connectivity index (χ3n) is 5.31. The summed E-state index contributed by atoms with van der Waals surface area (Å²) >= 11 is 5.95. The lowest BCUT2D eigenvalue weighted by Gasteiger charge is -2.27. The molecular weight excluding hydrogens is 506 g/mol. The topological polar surface area (TPSA) is 88.5 Å². The molecule has 13 heteroatoms. The number of morpholine rings is 1. The van der Waals surface area contributed by atoms with Gasteiger partial charge in [-0.3, -0.25) is 4.79 Å². The molecule has 190 valence electrons. The number of anilines is 1. The number of alkyl halides is 3. The quantitative estimate of drug-likeness (QED) is 0.481. The Labute approximate surface area is 207 Å². The second-order valence-electron chi connectivity index (χ2n) is 7.82. The molecule has 0 radical (unpaired) electrons. The van der Waals surface area contributed by atoms with Gasteiger partial charge in [-0.05, 0) is 42.5 Å². The number of nitrogens with zero attached hydrogens (tertiary/aromatic N) is 3. The van der Waals surface area contributed by atoms with Gasteiger partial charge in [0.2, 0.25) is 0 Å². The van der Waals surface area contributed by atoms with E-state index < -0.39 is 29.6 Å². The highest BCUT2D eigenvalue weighted by molar-refractivity contribution is 6.30. The third kappa shape index (κ3) is 5.94. The van der Waals surface area contributed by atoms with E-state index in [2.05, 4.69) is 15.7 Å². The van der Waals surface area contributed by atoms with Gasteiger partial charge >= 0.3 is 12.2 Å². The molecule has 0 bridgehead atoms. The van der Waals surface area contributed by atoms with E-state index in [0.29, 0.717) is 31.3 Å². The molecule has 3 aromatic rings. The zero-order chi connectivity index (χ0) is 25.9. The first-order chi connectivity index (χ1) is 17.1. The van der Waals surface area contributed by atoms with Crippen LogP contribution in [0.2, 0.25) is 5.02 Å². The number of carbonyl (C=O) groups excluding carboxylic acids is 2. The number of hydrogen-bond donors (Lipinski definition) is 2. The molecule has 8 nitrogen and oxygen atoms in total. The summed E-state index contributed by atoms with van der Waals surface area (Å²) in [5, 5.41) is 8.72. The molecule has 1 saturated heterocycles. The van der Waals surface area contributed by atoms with Crippen LogP contribution in [0.15, 0.2) is 48.5 Å². The summed E-state index contributed by atoms with van der Waals surface area (Å²) in [7, 11) is 0. The normalized spacial score (nSPS) is 14.0. The minimum absolute atomic E-state index is 0.0392. The number of ether oxygens (including phenoxy) is 1. The maximum Gasteiger partial charge on any atom is 0.435 e. The Morgan fingerprint density at radius 2 is 1.83 bits per heavy atom. The van der Waals surface area contributed by atoms with E-state index in [-0.39, 0.29) is 29.2 Å². The predicted molar refractivity (Wildman–Crippen MR) is 123 cm³/mol. The highest BCUT2D eigenvalue weighted by Gasteiger charge is 2.35. The van der Waals surface area contributed by atoms with Crippen molar-refractivity contribution < 1.29 is 31.9 Å². The van der Waals surface area contributed by atoms with Gasteiger partial charge in [0.1, 0.15) is 5.82 Å². The van der Waals surface area contributed by atoms with Crippen molar-refractivity contribution in [3.05, 3.63) is 76.3 Å². The molecule has 0 atom stereocenters. The Hall–Kier alpha value is -3.64. The van der Waals surface area contributed by atoms with Crippen molar-refractivity contribution in [2.24, 2.45) is 0 Å². The van der Waals surface area contributed by atoms with E-state index in [1.807, 2.05) is 0 Å². The van der Waals surface area contributed by atoms with Gasteiger partial charge in [0, 0.05) is 23.8 Å². The lowest BCUT2D eigenvalue weighted by Crippen LogP contribution is -2.41. The van der Waals surface area contributed by atoms with Crippen LogP contribution in [0.1, 0.15) is 21.7 Å². The predicted octanol–water partition coefficient (Wildman–Crippen LogP) is 4.48. The number of urea groups is 1.